The van der Waals surface area contributed by atoms with Crippen molar-refractivity contribution in [2.24, 2.45) is 0 Å². The SMILES string of the molecule is CN1CCN(c2ncccc2CNC(=O)c2ccc(Cn3ccnc3)cc2)CC1. The molecule has 0 atom stereocenters. The first-order valence-corrected chi connectivity index (χ1v) is 9.89. The number of pyridine rings is 1. The molecule has 150 valence electrons. The molecule has 7 heteroatoms. The maximum atomic E-state index is 12.6. The fourth-order valence-electron chi connectivity index (χ4n) is 3.50. The van der Waals surface area contributed by atoms with E-state index in [4.69, 9.17) is 0 Å². The monoisotopic (exact) mass is 390 g/mol. The first kappa shape index (κ1) is 19.1. The second-order valence-electron chi connectivity index (χ2n) is 7.39. The van der Waals surface area contributed by atoms with E-state index in [1.54, 1.807) is 12.5 Å². The highest BCUT2D eigenvalue weighted by Gasteiger charge is 2.18. The van der Waals surface area contributed by atoms with Gasteiger partial charge in [0.2, 0.25) is 0 Å². The highest BCUT2D eigenvalue weighted by molar-refractivity contribution is 5.94. The van der Waals surface area contributed by atoms with Crippen molar-refractivity contribution in [2.75, 3.05) is 38.1 Å². The highest BCUT2D eigenvalue weighted by Crippen LogP contribution is 2.19. The molecule has 3 aromatic rings. The van der Waals surface area contributed by atoms with Crippen LogP contribution >= 0.6 is 0 Å². The molecule has 0 radical (unpaired) electrons. The van der Waals surface area contributed by atoms with Gasteiger partial charge in [0, 0.05) is 69.0 Å². The summed E-state index contributed by atoms with van der Waals surface area (Å²) in [6.07, 6.45) is 7.29. The maximum Gasteiger partial charge on any atom is 0.251 e. The average Bonchev–Trinajstić information content (AvgIpc) is 3.26. The zero-order valence-corrected chi connectivity index (χ0v) is 16.7. The van der Waals surface area contributed by atoms with Gasteiger partial charge in [-0.05, 0) is 30.8 Å². The molecule has 1 aliphatic heterocycles. The number of benzene rings is 1. The van der Waals surface area contributed by atoms with E-state index in [1.807, 2.05) is 53.4 Å². The van der Waals surface area contributed by atoms with Gasteiger partial charge >= 0.3 is 0 Å². The van der Waals surface area contributed by atoms with E-state index in [1.165, 1.54) is 0 Å². The zero-order chi connectivity index (χ0) is 20.1. The van der Waals surface area contributed by atoms with E-state index in [2.05, 4.69) is 32.1 Å². The fourth-order valence-corrected chi connectivity index (χ4v) is 3.50. The number of piperazine rings is 1. The normalized spacial score (nSPS) is 14.7. The maximum absolute atomic E-state index is 12.6. The number of imidazole rings is 1. The molecule has 0 spiro atoms. The lowest BCUT2D eigenvalue weighted by atomic mass is 10.1. The molecule has 0 aliphatic carbocycles. The van der Waals surface area contributed by atoms with Gasteiger partial charge in [-0.1, -0.05) is 18.2 Å². The van der Waals surface area contributed by atoms with Crippen molar-refractivity contribution in [3.05, 3.63) is 78.0 Å². The Kier molecular flexibility index (Phi) is 5.86. The number of aromatic nitrogens is 3. The third kappa shape index (κ3) is 4.81. The molecule has 1 fully saturated rings. The number of amides is 1. The number of rotatable bonds is 6. The number of anilines is 1. The van der Waals surface area contributed by atoms with Gasteiger partial charge in [0.25, 0.3) is 5.91 Å². The second-order valence-corrected chi connectivity index (χ2v) is 7.39. The van der Waals surface area contributed by atoms with Gasteiger partial charge < -0.3 is 19.7 Å². The van der Waals surface area contributed by atoms with Crippen LogP contribution in [0.2, 0.25) is 0 Å². The summed E-state index contributed by atoms with van der Waals surface area (Å²) in [5.74, 6) is 0.893. The first-order chi connectivity index (χ1) is 14.2. The van der Waals surface area contributed by atoms with Crippen molar-refractivity contribution in [3.63, 3.8) is 0 Å². The lowest BCUT2D eigenvalue weighted by Gasteiger charge is -2.34. The van der Waals surface area contributed by atoms with E-state index < -0.39 is 0 Å². The van der Waals surface area contributed by atoms with Crippen LogP contribution in [0.4, 0.5) is 5.82 Å². The molecule has 1 saturated heterocycles. The van der Waals surface area contributed by atoms with E-state index in [0.717, 1.165) is 49.7 Å². The summed E-state index contributed by atoms with van der Waals surface area (Å²) in [5.41, 5.74) is 2.83. The Morgan fingerprint density at radius 2 is 1.86 bits per heavy atom. The van der Waals surface area contributed by atoms with Gasteiger partial charge in [0.1, 0.15) is 5.82 Å². The molecule has 29 heavy (non-hydrogen) atoms. The minimum absolute atomic E-state index is 0.0765. The van der Waals surface area contributed by atoms with E-state index in [-0.39, 0.29) is 5.91 Å². The third-order valence-electron chi connectivity index (χ3n) is 5.25. The van der Waals surface area contributed by atoms with E-state index in [0.29, 0.717) is 12.1 Å². The molecular weight excluding hydrogens is 364 g/mol. The number of likely N-dealkylation sites (N-methyl/N-ethyl adjacent to an activating group) is 1. The van der Waals surface area contributed by atoms with Crippen LogP contribution < -0.4 is 10.2 Å². The van der Waals surface area contributed by atoms with Gasteiger partial charge in [-0.15, -0.1) is 0 Å². The summed E-state index contributed by atoms with van der Waals surface area (Å²) in [5, 5.41) is 3.04. The molecule has 1 amide bonds. The Morgan fingerprint density at radius 3 is 2.59 bits per heavy atom. The summed E-state index contributed by atoms with van der Waals surface area (Å²) in [7, 11) is 2.14. The smallest absolute Gasteiger partial charge is 0.251 e. The van der Waals surface area contributed by atoms with Crippen molar-refractivity contribution in [1.82, 2.24) is 24.8 Å². The van der Waals surface area contributed by atoms with Crippen LogP contribution in [0.1, 0.15) is 21.5 Å². The van der Waals surface area contributed by atoms with Gasteiger partial charge in [-0.3, -0.25) is 4.79 Å². The van der Waals surface area contributed by atoms with Crippen LogP contribution in [0.3, 0.4) is 0 Å². The molecule has 0 bridgehead atoms. The van der Waals surface area contributed by atoms with Crippen molar-refractivity contribution >= 4 is 11.7 Å². The Bertz CT molecular complexity index is 930. The molecule has 0 saturated carbocycles. The average molecular weight is 390 g/mol. The van der Waals surface area contributed by atoms with Crippen LogP contribution in [0.15, 0.2) is 61.3 Å². The van der Waals surface area contributed by atoms with Gasteiger partial charge in [-0.25, -0.2) is 9.97 Å². The Morgan fingerprint density at radius 1 is 1.07 bits per heavy atom. The Balaban J connectivity index is 1.37. The summed E-state index contributed by atoms with van der Waals surface area (Å²) >= 11 is 0. The number of carbonyl (C=O) groups is 1. The van der Waals surface area contributed by atoms with Crippen LogP contribution in [-0.2, 0) is 13.1 Å². The molecule has 7 nitrogen and oxygen atoms in total. The van der Waals surface area contributed by atoms with Crippen molar-refractivity contribution in [3.8, 4) is 0 Å². The van der Waals surface area contributed by atoms with Gasteiger partial charge in [0.15, 0.2) is 0 Å². The largest absolute Gasteiger partial charge is 0.354 e. The second kappa shape index (κ2) is 8.87. The minimum Gasteiger partial charge on any atom is -0.354 e. The van der Waals surface area contributed by atoms with Crippen LogP contribution in [-0.4, -0.2) is 58.6 Å². The summed E-state index contributed by atoms with van der Waals surface area (Å²) < 4.78 is 2.00. The van der Waals surface area contributed by atoms with Gasteiger partial charge in [-0.2, -0.15) is 0 Å². The van der Waals surface area contributed by atoms with Crippen LogP contribution in [0.25, 0.3) is 0 Å². The number of nitrogens with zero attached hydrogens (tertiary/aromatic N) is 5. The van der Waals surface area contributed by atoms with Gasteiger partial charge in [0.05, 0.1) is 6.33 Å². The standard InChI is InChI=1S/C22H26N6O/c1-26-11-13-28(14-12-26)21-20(3-2-8-24-21)15-25-22(29)19-6-4-18(5-7-19)16-27-10-9-23-17-27/h2-10,17H,11-16H2,1H3,(H,25,29). The predicted octanol–water partition coefficient (Wildman–Crippen LogP) is 2.01. The topological polar surface area (TPSA) is 66.3 Å². The Hall–Kier alpha value is -3.19. The number of carbonyl (C=O) groups excluding carboxylic acids is 1. The molecule has 2 aromatic heterocycles. The van der Waals surface area contributed by atoms with E-state index >= 15 is 0 Å². The highest BCUT2D eigenvalue weighted by atomic mass is 16.1. The number of nitrogens with one attached hydrogen (secondary N) is 1. The molecular formula is C22H26N6O. The quantitative estimate of drug-likeness (QED) is 0.697. The molecule has 4 rings (SSSR count). The van der Waals surface area contributed by atoms with Crippen LogP contribution in [0.5, 0.6) is 0 Å². The lowest BCUT2D eigenvalue weighted by Crippen LogP contribution is -2.45. The first-order valence-electron chi connectivity index (χ1n) is 9.89. The third-order valence-corrected chi connectivity index (χ3v) is 5.25. The lowest BCUT2D eigenvalue weighted by molar-refractivity contribution is 0.0951. The fraction of sp³-hybridized carbons (Fsp3) is 0.318. The molecule has 1 aliphatic rings. The van der Waals surface area contributed by atoms with Crippen LogP contribution in [0, 0.1) is 0 Å². The van der Waals surface area contributed by atoms with E-state index in [9.17, 15) is 4.79 Å². The molecule has 3 heterocycles. The molecule has 0 unspecified atom stereocenters. The number of hydrogen-bond acceptors (Lipinski definition) is 5. The summed E-state index contributed by atoms with van der Waals surface area (Å²) in [6, 6.07) is 11.7. The van der Waals surface area contributed by atoms with Crippen molar-refractivity contribution in [2.45, 2.75) is 13.1 Å². The Labute approximate surface area is 171 Å². The number of hydrogen-bond donors (Lipinski definition) is 1. The summed E-state index contributed by atoms with van der Waals surface area (Å²) in [4.78, 5) is 25.8. The predicted molar refractivity (Wildman–Crippen MR) is 113 cm³/mol. The molecule has 1 aromatic carbocycles. The van der Waals surface area contributed by atoms with Crippen molar-refractivity contribution in [1.29, 1.82) is 0 Å². The minimum atomic E-state index is -0.0765. The molecule has 1 N–H and O–H groups in total. The van der Waals surface area contributed by atoms with Crippen molar-refractivity contribution < 1.29 is 4.79 Å². The summed E-state index contributed by atoms with van der Waals surface area (Å²) in [6.45, 7) is 5.15. The zero-order valence-electron chi connectivity index (χ0n) is 16.7.